The zero-order valence-corrected chi connectivity index (χ0v) is 14.4. The zero-order valence-electron chi connectivity index (χ0n) is 13.6. The van der Waals surface area contributed by atoms with Crippen molar-refractivity contribution in [3.05, 3.63) is 47.2 Å². The minimum absolute atomic E-state index is 0.0850. The van der Waals surface area contributed by atoms with E-state index < -0.39 is 11.7 Å². The van der Waals surface area contributed by atoms with Gasteiger partial charge in [0.05, 0.1) is 10.6 Å². The van der Waals surface area contributed by atoms with E-state index in [-0.39, 0.29) is 17.6 Å². The number of piperidine rings is 1. The molecule has 3 heterocycles. The second-order valence-corrected chi connectivity index (χ2v) is 6.42. The fourth-order valence-corrected chi connectivity index (χ4v) is 3.01. The van der Waals surface area contributed by atoms with E-state index >= 15 is 0 Å². The maximum absolute atomic E-state index is 13.1. The molecule has 26 heavy (non-hydrogen) atoms. The normalized spacial score (nSPS) is 15.8. The predicted octanol–water partition coefficient (Wildman–Crippen LogP) is 4.00. The lowest BCUT2D eigenvalue weighted by molar-refractivity contribution is -0.137. The Morgan fingerprint density at radius 2 is 1.92 bits per heavy atom. The average molecular weight is 385 g/mol. The zero-order chi connectivity index (χ0) is 18.7. The molecule has 0 spiro atoms. The standard InChI is InChI=1S/C17H16ClF3N4O/c18-12-3-4-14(23-10-12)24-16(26)11-5-8-25(9-6-11)15-13(17(19,20)21)2-1-7-22-15/h1-4,7,10-11H,5-6,8-9H2,(H,23,24,26). The molecule has 2 aromatic rings. The summed E-state index contributed by atoms with van der Waals surface area (Å²) < 4.78 is 39.4. The van der Waals surface area contributed by atoms with Crippen molar-refractivity contribution in [2.45, 2.75) is 19.0 Å². The van der Waals surface area contributed by atoms with Crippen LogP contribution >= 0.6 is 11.6 Å². The van der Waals surface area contributed by atoms with Crippen LogP contribution in [0.3, 0.4) is 0 Å². The molecule has 0 aliphatic carbocycles. The molecule has 0 atom stereocenters. The summed E-state index contributed by atoms with van der Waals surface area (Å²) in [5, 5.41) is 3.17. The Hall–Kier alpha value is -2.35. The molecule has 0 saturated carbocycles. The van der Waals surface area contributed by atoms with Gasteiger partial charge in [-0.1, -0.05) is 11.6 Å². The maximum atomic E-state index is 13.1. The van der Waals surface area contributed by atoms with Gasteiger partial charge in [0, 0.05) is 31.4 Å². The van der Waals surface area contributed by atoms with Gasteiger partial charge in [-0.3, -0.25) is 4.79 Å². The molecule has 0 radical (unpaired) electrons. The van der Waals surface area contributed by atoms with Crippen LogP contribution in [0.4, 0.5) is 24.8 Å². The molecule has 1 saturated heterocycles. The maximum Gasteiger partial charge on any atom is 0.419 e. The molecule has 0 aromatic carbocycles. The van der Waals surface area contributed by atoms with Crippen LogP contribution in [0, 0.1) is 5.92 Å². The van der Waals surface area contributed by atoms with E-state index in [1.54, 1.807) is 17.0 Å². The van der Waals surface area contributed by atoms with Crippen molar-refractivity contribution in [2.75, 3.05) is 23.3 Å². The number of hydrogen-bond donors (Lipinski definition) is 1. The van der Waals surface area contributed by atoms with Gasteiger partial charge in [-0.15, -0.1) is 0 Å². The lowest BCUT2D eigenvalue weighted by Gasteiger charge is -2.33. The summed E-state index contributed by atoms with van der Waals surface area (Å²) in [4.78, 5) is 21.8. The summed E-state index contributed by atoms with van der Waals surface area (Å²) in [6.45, 7) is 0.651. The fourth-order valence-electron chi connectivity index (χ4n) is 2.90. The minimum Gasteiger partial charge on any atom is -0.356 e. The first-order valence-electron chi connectivity index (χ1n) is 8.04. The molecule has 1 aliphatic heterocycles. The molecular weight excluding hydrogens is 369 g/mol. The molecule has 1 amide bonds. The first-order valence-corrected chi connectivity index (χ1v) is 8.42. The van der Waals surface area contributed by atoms with Crippen LogP contribution in [-0.2, 0) is 11.0 Å². The molecule has 1 aliphatic rings. The summed E-state index contributed by atoms with van der Waals surface area (Å²) >= 11 is 5.75. The number of nitrogens with zero attached hydrogens (tertiary/aromatic N) is 3. The van der Waals surface area contributed by atoms with Gasteiger partial charge >= 0.3 is 6.18 Å². The van der Waals surface area contributed by atoms with Crippen LogP contribution in [-0.4, -0.2) is 29.0 Å². The molecule has 9 heteroatoms. The van der Waals surface area contributed by atoms with Crippen molar-refractivity contribution in [3.63, 3.8) is 0 Å². The van der Waals surface area contributed by atoms with Crippen molar-refractivity contribution < 1.29 is 18.0 Å². The third-order valence-electron chi connectivity index (χ3n) is 4.24. The topological polar surface area (TPSA) is 58.1 Å². The smallest absolute Gasteiger partial charge is 0.356 e. The van der Waals surface area contributed by atoms with Gasteiger partial charge < -0.3 is 10.2 Å². The molecule has 2 aromatic heterocycles. The van der Waals surface area contributed by atoms with Crippen LogP contribution in [0.5, 0.6) is 0 Å². The summed E-state index contributed by atoms with van der Waals surface area (Å²) in [7, 11) is 0. The van der Waals surface area contributed by atoms with E-state index in [9.17, 15) is 18.0 Å². The number of amides is 1. The molecule has 0 unspecified atom stereocenters. The third kappa shape index (κ3) is 4.24. The van der Waals surface area contributed by atoms with E-state index in [1.165, 1.54) is 18.5 Å². The lowest BCUT2D eigenvalue weighted by atomic mass is 9.95. The quantitative estimate of drug-likeness (QED) is 0.868. The van der Waals surface area contributed by atoms with Gasteiger partial charge in [-0.05, 0) is 37.1 Å². The first kappa shape index (κ1) is 18.4. The van der Waals surface area contributed by atoms with Gasteiger partial charge in [0.25, 0.3) is 0 Å². The fraction of sp³-hybridized carbons (Fsp3) is 0.353. The molecule has 1 N–H and O–H groups in total. The second kappa shape index (κ2) is 7.49. The molecule has 5 nitrogen and oxygen atoms in total. The highest BCUT2D eigenvalue weighted by atomic mass is 35.5. The van der Waals surface area contributed by atoms with E-state index in [4.69, 9.17) is 11.6 Å². The van der Waals surface area contributed by atoms with E-state index in [0.29, 0.717) is 36.8 Å². The number of rotatable bonds is 3. The number of aromatic nitrogens is 2. The Morgan fingerprint density at radius 3 is 2.54 bits per heavy atom. The van der Waals surface area contributed by atoms with Crippen molar-refractivity contribution in [3.8, 4) is 0 Å². The largest absolute Gasteiger partial charge is 0.419 e. The van der Waals surface area contributed by atoms with Gasteiger partial charge in [0.15, 0.2) is 0 Å². The Kier molecular flexibility index (Phi) is 5.31. The third-order valence-corrected chi connectivity index (χ3v) is 4.46. The summed E-state index contributed by atoms with van der Waals surface area (Å²) in [6, 6.07) is 5.50. The van der Waals surface area contributed by atoms with Crippen LogP contribution in [0.25, 0.3) is 0 Å². The molecule has 3 rings (SSSR count). The average Bonchev–Trinajstić information content (AvgIpc) is 2.63. The highest BCUT2D eigenvalue weighted by Gasteiger charge is 2.36. The van der Waals surface area contributed by atoms with Crippen molar-refractivity contribution in [1.29, 1.82) is 0 Å². The summed E-state index contributed by atoms with van der Waals surface area (Å²) in [5.41, 5.74) is -0.756. The van der Waals surface area contributed by atoms with Crippen molar-refractivity contribution in [1.82, 2.24) is 9.97 Å². The number of halogens is 4. The first-order chi connectivity index (χ1) is 12.3. The number of carbonyl (C=O) groups is 1. The Labute approximate surface area is 153 Å². The number of anilines is 2. The number of hydrogen-bond acceptors (Lipinski definition) is 4. The van der Waals surface area contributed by atoms with Gasteiger partial charge in [0.2, 0.25) is 5.91 Å². The highest BCUT2D eigenvalue weighted by Crippen LogP contribution is 2.36. The molecule has 1 fully saturated rings. The van der Waals surface area contributed by atoms with E-state index in [1.807, 2.05) is 0 Å². The molecule has 0 bridgehead atoms. The van der Waals surface area contributed by atoms with E-state index in [0.717, 1.165) is 6.07 Å². The van der Waals surface area contributed by atoms with E-state index in [2.05, 4.69) is 15.3 Å². The van der Waals surface area contributed by atoms with Crippen molar-refractivity contribution >= 4 is 29.1 Å². The monoisotopic (exact) mass is 384 g/mol. The van der Waals surface area contributed by atoms with Crippen LogP contribution in [0.2, 0.25) is 5.02 Å². The Morgan fingerprint density at radius 1 is 1.19 bits per heavy atom. The predicted molar refractivity (Wildman–Crippen MR) is 92.1 cm³/mol. The Balaban J connectivity index is 1.63. The molecule has 138 valence electrons. The number of nitrogens with one attached hydrogen (secondary N) is 1. The van der Waals surface area contributed by atoms with Crippen molar-refractivity contribution in [2.24, 2.45) is 5.92 Å². The van der Waals surface area contributed by atoms with Gasteiger partial charge in [0.1, 0.15) is 11.6 Å². The molecular formula is C17H16ClF3N4O. The Bertz CT molecular complexity index is 774. The van der Waals surface area contributed by atoms with Crippen LogP contribution < -0.4 is 10.2 Å². The minimum atomic E-state index is -4.46. The van der Waals surface area contributed by atoms with Gasteiger partial charge in [-0.2, -0.15) is 13.2 Å². The number of alkyl halides is 3. The van der Waals surface area contributed by atoms with Gasteiger partial charge in [-0.25, -0.2) is 9.97 Å². The van der Waals surface area contributed by atoms with Crippen LogP contribution in [0.15, 0.2) is 36.7 Å². The number of carbonyl (C=O) groups excluding carboxylic acids is 1. The van der Waals surface area contributed by atoms with Crippen LogP contribution in [0.1, 0.15) is 18.4 Å². The second-order valence-electron chi connectivity index (χ2n) is 5.98. The summed E-state index contributed by atoms with van der Waals surface area (Å²) in [6.07, 6.45) is -0.812. The highest BCUT2D eigenvalue weighted by molar-refractivity contribution is 6.30. The number of pyridine rings is 2. The SMILES string of the molecule is O=C(Nc1ccc(Cl)cn1)C1CCN(c2ncccc2C(F)(F)F)CC1. The summed E-state index contributed by atoms with van der Waals surface area (Å²) in [5.74, 6) is -0.178. The lowest BCUT2D eigenvalue weighted by Crippen LogP contribution is -2.39.